The highest BCUT2D eigenvalue weighted by atomic mass is 32.1. The molecule has 0 spiro atoms. The van der Waals surface area contributed by atoms with Gasteiger partial charge in [-0.25, -0.2) is 4.98 Å². The highest BCUT2D eigenvalue weighted by Gasteiger charge is 2.18. The number of azo groups is 1. The van der Waals surface area contributed by atoms with Crippen LogP contribution in [-0.2, 0) is 11.3 Å². The molecule has 0 N–H and O–H groups in total. The summed E-state index contributed by atoms with van der Waals surface area (Å²) in [4.78, 5) is 11.1. The molecule has 1 saturated heterocycles. The summed E-state index contributed by atoms with van der Waals surface area (Å²) in [5.41, 5.74) is 3.70. The highest BCUT2D eigenvalue weighted by molar-refractivity contribution is 7.17. The second kappa shape index (κ2) is 8.68. The molecule has 5 aromatic rings. The van der Waals surface area contributed by atoms with Gasteiger partial charge >= 0.3 is 0 Å². The monoisotopic (exact) mass is 455 g/mol. The molecule has 8 nitrogen and oxygen atoms in total. The minimum atomic E-state index is 0.507. The number of hydrogen-bond donors (Lipinski definition) is 0. The van der Waals surface area contributed by atoms with Gasteiger partial charge in [0.05, 0.1) is 25.5 Å². The number of ether oxygens (including phenoxy) is 1. The van der Waals surface area contributed by atoms with Crippen molar-refractivity contribution in [3.05, 3.63) is 71.9 Å². The first-order valence-electron chi connectivity index (χ1n) is 10.8. The smallest absolute Gasteiger partial charge is 0.179 e. The van der Waals surface area contributed by atoms with Crippen molar-refractivity contribution in [1.29, 1.82) is 0 Å². The van der Waals surface area contributed by atoms with Crippen molar-refractivity contribution in [2.75, 3.05) is 31.2 Å². The fraction of sp³-hybridized carbons (Fsp3) is 0.208. The van der Waals surface area contributed by atoms with Gasteiger partial charge in [0.2, 0.25) is 0 Å². The van der Waals surface area contributed by atoms with Crippen molar-refractivity contribution in [2.24, 2.45) is 10.2 Å². The van der Waals surface area contributed by atoms with Gasteiger partial charge in [-0.05, 0) is 46.7 Å². The number of fused-ring (bicyclic) bond motifs is 2. The summed E-state index contributed by atoms with van der Waals surface area (Å²) in [6.07, 6.45) is 3.53. The predicted molar refractivity (Wildman–Crippen MR) is 129 cm³/mol. The van der Waals surface area contributed by atoms with Gasteiger partial charge in [-0.2, -0.15) is 14.7 Å². The Morgan fingerprint density at radius 1 is 1.00 bits per heavy atom. The second-order valence-corrected chi connectivity index (χ2v) is 8.75. The standard InChI is InChI=1S/C24H21N7OS/c1-2-21-19(5-12-33-21)13-17(1)16-26-28-22-15-24(30-8-10-32-11-9-30)31-23(27-22)14-20(29-31)18-3-6-25-7-4-18/h1-7,12-15H,8-11,16H2. The fourth-order valence-electron chi connectivity index (χ4n) is 3.98. The Kier molecular flexibility index (Phi) is 5.25. The minimum Gasteiger partial charge on any atom is -0.378 e. The van der Waals surface area contributed by atoms with Gasteiger partial charge in [0, 0.05) is 47.9 Å². The van der Waals surface area contributed by atoms with E-state index in [1.165, 1.54) is 10.1 Å². The topological polar surface area (TPSA) is 80.3 Å². The summed E-state index contributed by atoms with van der Waals surface area (Å²) in [5, 5.41) is 17.1. The molecule has 164 valence electrons. The summed E-state index contributed by atoms with van der Waals surface area (Å²) in [7, 11) is 0. The third-order valence-electron chi connectivity index (χ3n) is 5.65. The molecule has 0 amide bonds. The number of thiophene rings is 1. The number of hydrogen-bond acceptors (Lipinski definition) is 8. The normalized spacial score (nSPS) is 14.6. The number of benzene rings is 1. The Hall–Kier alpha value is -3.69. The molecule has 1 aromatic carbocycles. The fourth-order valence-corrected chi connectivity index (χ4v) is 4.75. The molecule has 33 heavy (non-hydrogen) atoms. The summed E-state index contributed by atoms with van der Waals surface area (Å²) in [6, 6.07) is 16.4. The van der Waals surface area contributed by atoms with E-state index in [1.54, 1.807) is 23.7 Å². The zero-order valence-corrected chi connectivity index (χ0v) is 18.6. The summed E-state index contributed by atoms with van der Waals surface area (Å²) in [6.45, 7) is 3.46. The van der Waals surface area contributed by atoms with E-state index < -0.39 is 0 Å². The van der Waals surface area contributed by atoms with E-state index in [0.717, 1.165) is 41.4 Å². The highest BCUT2D eigenvalue weighted by Crippen LogP contribution is 2.27. The second-order valence-electron chi connectivity index (χ2n) is 7.80. The first-order valence-corrected chi connectivity index (χ1v) is 11.7. The van der Waals surface area contributed by atoms with Crippen molar-refractivity contribution in [2.45, 2.75) is 6.54 Å². The van der Waals surface area contributed by atoms with Gasteiger partial charge in [-0.1, -0.05) is 6.07 Å². The molecule has 5 heterocycles. The lowest BCUT2D eigenvalue weighted by atomic mass is 10.2. The van der Waals surface area contributed by atoms with Crippen LogP contribution in [0.1, 0.15) is 5.56 Å². The third kappa shape index (κ3) is 4.08. The molecule has 0 atom stereocenters. The number of rotatable bonds is 5. The molecule has 1 aliphatic rings. The first-order chi connectivity index (χ1) is 16.3. The van der Waals surface area contributed by atoms with Crippen molar-refractivity contribution >= 4 is 38.7 Å². The molecule has 0 aliphatic carbocycles. The van der Waals surface area contributed by atoms with Crippen molar-refractivity contribution in [3.8, 4) is 11.3 Å². The summed E-state index contributed by atoms with van der Waals surface area (Å²) in [5.74, 6) is 1.51. The van der Waals surface area contributed by atoms with Gasteiger partial charge in [0.1, 0.15) is 5.82 Å². The van der Waals surface area contributed by atoms with Crippen molar-refractivity contribution in [3.63, 3.8) is 0 Å². The number of aromatic nitrogens is 4. The maximum atomic E-state index is 5.54. The number of pyridine rings is 1. The number of anilines is 1. The zero-order chi connectivity index (χ0) is 22.0. The van der Waals surface area contributed by atoms with Crippen LogP contribution in [0.5, 0.6) is 0 Å². The van der Waals surface area contributed by atoms with Crippen LogP contribution in [0.15, 0.2) is 76.5 Å². The van der Waals surface area contributed by atoms with Crippen LogP contribution < -0.4 is 4.90 Å². The van der Waals surface area contributed by atoms with Gasteiger partial charge in [-0.3, -0.25) is 4.98 Å². The lowest BCUT2D eigenvalue weighted by Gasteiger charge is -2.28. The van der Waals surface area contributed by atoms with Gasteiger partial charge in [0.15, 0.2) is 11.5 Å². The molecule has 0 bridgehead atoms. The molecule has 1 fully saturated rings. The average molecular weight is 456 g/mol. The van der Waals surface area contributed by atoms with Gasteiger partial charge < -0.3 is 9.64 Å². The number of nitrogens with zero attached hydrogens (tertiary/aromatic N) is 7. The van der Waals surface area contributed by atoms with E-state index in [0.29, 0.717) is 25.6 Å². The summed E-state index contributed by atoms with van der Waals surface area (Å²) < 4.78 is 8.70. The summed E-state index contributed by atoms with van der Waals surface area (Å²) >= 11 is 1.74. The van der Waals surface area contributed by atoms with Crippen LogP contribution in [0.25, 0.3) is 27.0 Å². The van der Waals surface area contributed by atoms with Gasteiger partial charge in [0.25, 0.3) is 0 Å². The van der Waals surface area contributed by atoms with Crippen LogP contribution in [0.4, 0.5) is 11.6 Å². The SMILES string of the molecule is c1cc(-c2cc3nc(N=NCc4ccc5sccc5c4)cc(N4CCOCC4)n3n2)ccn1. The van der Waals surface area contributed by atoms with E-state index in [9.17, 15) is 0 Å². The van der Waals surface area contributed by atoms with E-state index in [-0.39, 0.29) is 0 Å². The van der Waals surface area contributed by atoms with Crippen LogP contribution >= 0.6 is 11.3 Å². The van der Waals surface area contributed by atoms with Crippen LogP contribution in [0.2, 0.25) is 0 Å². The van der Waals surface area contributed by atoms with Crippen LogP contribution in [-0.4, -0.2) is 45.9 Å². The predicted octanol–water partition coefficient (Wildman–Crippen LogP) is 5.13. The Balaban J connectivity index is 1.34. The Morgan fingerprint density at radius 3 is 2.76 bits per heavy atom. The molecular formula is C24H21N7OS. The van der Waals surface area contributed by atoms with Crippen molar-refractivity contribution < 1.29 is 4.74 Å². The van der Waals surface area contributed by atoms with E-state index in [4.69, 9.17) is 14.8 Å². The average Bonchev–Trinajstić information content (AvgIpc) is 3.51. The molecule has 1 aliphatic heterocycles. The molecular weight excluding hydrogens is 434 g/mol. The van der Waals surface area contributed by atoms with Crippen LogP contribution in [0, 0.1) is 0 Å². The van der Waals surface area contributed by atoms with Crippen LogP contribution in [0.3, 0.4) is 0 Å². The van der Waals surface area contributed by atoms with Crippen molar-refractivity contribution in [1.82, 2.24) is 19.6 Å². The molecule has 4 aromatic heterocycles. The Morgan fingerprint density at radius 2 is 1.88 bits per heavy atom. The quantitative estimate of drug-likeness (QED) is 0.343. The maximum Gasteiger partial charge on any atom is 0.179 e. The first kappa shape index (κ1) is 20.0. The number of morpholine rings is 1. The van der Waals surface area contributed by atoms with E-state index in [1.807, 2.05) is 28.8 Å². The Bertz CT molecular complexity index is 1440. The maximum absolute atomic E-state index is 5.54. The molecule has 0 unspecified atom stereocenters. The lowest BCUT2D eigenvalue weighted by molar-refractivity contribution is 0.122. The molecule has 0 radical (unpaired) electrons. The zero-order valence-electron chi connectivity index (χ0n) is 17.8. The molecule has 9 heteroatoms. The molecule has 0 saturated carbocycles. The molecule has 6 rings (SSSR count). The Labute approximate surface area is 194 Å². The lowest BCUT2D eigenvalue weighted by Crippen LogP contribution is -2.37. The van der Waals surface area contributed by atoms with E-state index in [2.05, 4.69) is 49.8 Å². The largest absolute Gasteiger partial charge is 0.378 e. The van der Waals surface area contributed by atoms with E-state index >= 15 is 0 Å². The minimum absolute atomic E-state index is 0.507. The van der Waals surface area contributed by atoms with Gasteiger partial charge in [-0.15, -0.1) is 16.5 Å². The third-order valence-corrected chi connectivity index (χ3v) is 6.55.